The molecule has 0 atom stereocenters. The molecule has 0 radical (unpaired) electrons. The van der Waals surface area contributed by atoms with Gasteiger partial charge in [-0.05, 0) is 196 Å². The smallest absolute Gasteiger partial charge is 0.180 e. The Morgan fingerprint density at radius 2 is 0.787 bits per heavy atom. The van der Waals surface area contributed by atoms with Crippen LogP contribution in [0.1, 0.15) is 25.0 Å². The van der Waals surface area contributed by atoms with E-state index in [1.807, 2.05) is 0 Å². The van der Waals surface area contributed by atoms with Gasteiger partial charge in [0.05, 0.1) is 28.1 Å². The van der Waals surface area contributed by atoms with Crippen LogP contribution in [0.15, 0.2) is 328 Å². The summed E-state index contributed by atoms with van der Waals surface area (Å²) in [7, 11) is -2.80. The highest BCUT2D eigenvalue weighted by molar-refractivity contribution is 7.22. The zero-order chi connectivity index (χ0) is 62.0. The van der Waals surface area contributed by atoms with Gasteiger partial charge in [0.1, 0.15) is 0 Å². The highest BCUT2D eigenvalue weighted by atomic mass is 28.3. The molecule has 2 nitrogen and oxygen atoms in total. The summed E-state index contributed by atoms with van der Waals surface area (Å²) in [6.07, 6.45) is 0. The van der Waals surface area contributed by atoms with E-state index in [1.54, 1.807) is 0 Å². The van der Waals surface area contributed by atoms with Crippen LogP contribution in [0.5, 0.6) is 0 Å². The van der Waals surface area contributed by atoms with Gasteiger partial charge in [0.2, 0.25) is 0 Å². The van der Waals surface area contributed by atoms with E-state index in [1.165, 1.54) is 180 Å². The first kappa shape index (κ1) is 53.1. The fourth-order valence-corrected chi connectivity index (χ4v) is 22.7. The third kappa shape index (κ3) is 7.30. The van der Waals surface area contributed by atoms with E-state index in [4.69, 9.17) is 0 Å². The Labute approximate surface area is 546 Å². The SMILES string of the molecule is CC1(C)c2cc(-c3ccc4c(c3)c3ccccc3n4-c3cc4cc5c(c6ccc7cccc3c7c46)-c3ccccc3[Si]5(c3ccccc3)c3ccccc3)ccc2N(c2ccccc2)c2ccc(-c3c4ccccc4c(-c4cccc5ccccc45)c4ccccc34)cc21. The lowest BCUT2D eigenvalue weighted by molar-refractivity contribution is 0.632. The van der Waals surface area contributed by atoms with Gasteiger partial charge in [-0.1, -0.05) is 281 Å². The van der Waals surface area contributed by atoms with Crippen LogP contribution in [0.4, 0.5) is 17.1 Å². The molecule has 0 spiro atoms. The number of para-hydroxylation sites is 2. The number of hydrogen-bond acceptors (Lipinski definition) is 1. The molecule has 3 heteroatoms. The van der Waals surface area contributed by atoms with Gasteiger partial charge in [-0.15, -0.1) is 0 Å². The van der Waals surface area contributed by atoms with Crippen molar-refractivity contribution in [1.29, 1.82) is 0 Å². The van der Waals surface area contributed by atoms with Crippen molar-refractivity contribution in [2.75, 3.05) is 4.90 Å². The Balaban J connectivity index is 0.762. The van der Waals surface area contributed by atoms with E-state index in [9.17, 15) is 0 Å². The van der Waals surface area contributed by atoms with E-state index in [0.29, 0.717) is 0 Å². The van der Waals surface area contributed by atoms with Gasteiger partial charge in [-0.2, -0.15) is 0 Å². The summed E-state index contributed by atoms with van der Waals surface area (Å²) in [6.45, 7) is 4.87. The van der Waals surface area contributed by atoms with Crippen molar-refractivity contribution in [3.05, 3.63) is 339 Å². The van der Waals surface area contributed by atoms with Crippen molar-refractivity contribution in [1.82, 2.24) is 4.57 Å². The van der Waals surface area contributed by atoms with Gasteiger partial charge in [-0.25, -0.2) is 0 Å². The molecule has 0 N–H and O–H groups in total. The minimum absolute atomic E-state index is 0.391. The lowest BCUT2D eigenvalue weighted by Crippen LogP contribution is -2.72. The minimum Gasteiger partial charge on any atom is -0.310 e. The Kier molecular flexibility index (Phi) is 11.3. The maximum atomic E-state index is 2.62. The Morgan fingerprint density at radius 3 is 1.51 bits per heavy atom. The van der Waals surface area contributed by atoms with Crippen molar-refractivity contribution in [2.45, 2.75) is 19.3 Å². The van der Waals surface area contributed by atoms with E-state index >= 15 is 0 Å². The standard InChI is InChI=1S/C91H60N2Si/c1-91(2)77-53-60(46-50-81(77)92(63-27-6-3-7-28-63)82-51-47-61(54-78(82)91)86-69-35-14-16-37-71(69)89(72-38-17-15-36-70(72)86)68-40-22-25-57-24-12-13-33-66(57)68)59-45-49-80-76(52-59)67-34-18-20-42-79(67)93(80)83-55-62-56-85-90(75-48-44-58-26-23-41-73(83)87(58)88(62)75)74-39-19-21-43-84(74)94(85,64-29-8-4-9-30-64)65-31-10-5-11-32-65/h3-56H,1-2H3. The third-order valence-corrected chi connectivity index (χ3v) is 26.4. The second-order valence-electron chi connectivity index (χ2n) is 26.5. The molecule has 0 amide bonds. The molecule has 94 heavy (non-hydrogen) atoms. The summed E-state index contributed by atoms with van der Waals surface area (Å²) in [6, 6.07) is 124. The van der Waals surface area contributed by atoms with Gasteiger partial charge in [0.15, 0.2) is 8.07 Å². The number of fused-ring (bicyclic) bond motifs is 12. The Morgan fingerprint density at radius 1 is 0.277 bits per heavy atom. The summed E-state index contributed by atoms with van der Waals surface area (Å²) in [4.78, 5) is 2.50. The third-order valence-electron chi connectivity index (χ3n) is 21.5. The van der Waals surface area contributed by atoms with Crippen molar-refractivity contribution in [3.63, 3.8) is 0 Å². The highest BCUT2D eigenvalue weighted by Crippen LogP contribution is 2.55. The molecule has 0 bridgehead atoms. The second-order valence-corrected chi connectivity index (χ2v) is 30.3. The molecule has 17 aromatic carbocycles. The van der Waals surface area contributed by atoms with Crippen LogP contribution in [-0.4, -0.2) is 12.6 Å². The van der Waals surface area contributed by atoms with E-state index in [2.05, 4.69) is 351 Å². The van der Waals surface area contributed by atoms with Gasteiger partial charge in [0.25, 0.3) is 0 Å². The molecule has 0 unspecified atom stereocenters. The van der Waals surface area contributed by atoms with Gasteiger partial charge in [-0.3, -0.25) is 0 Å². The molecule has 1 aromatic heterocycles. The summed E-state index contributed by atoms with van der Waals surface area (Å²) in [5.74, 6) is 0. The maximum Gasteiger partial charge on any atom is 0.180 e. The number of rotatable bonds is 7. The first-order valence-corrected chi connectivity index (χ1v) is 35.0. The predicted molar refractivity (Wildman–Crippen MR) is 403 cm³/mol. The van der Waals surface area contributed by atoms with Crippen LogP contribution in [0.3, 0.4) is 0 Å². The summed E-state index contributed by atoms with van der Waals surface area (Å²) in [5, 5.41) is 23.5. The second kappa shape index (κ2) is 19.9. The van der Waals surface area contributed by atoms with Crippen LogP contribution in [0.25, 0.3) is 137 Å². The number of nitrogens with zero attached hydrogens (tertiary/aromatic N) is 2. The Hall–Kier alpha value is -11.6. The van der Waals surface area contributed by atoms with Crippen LogP contribution in [0, 0.1) is 0 Å². The zero-order valence-corrected chi connectivity index (χ0v) is 53.1. The van der Waals surface area contributed by atoms with Crippen molar-refractivity contribution in [2.24, 2.45) is 0 Å². The number of hydrogen-bond donors (Lipinski definition) is 0. The summed E-state index contributed by atoms with van der Waals surface area (Å²) >= 11 is 0. The molecular formula is C91H60N2Si. The van der Waals surface area contributed by atoms with E-state index < -0.39 is 13.5 Å². The fraction of sp³-hybridized carbons (Fsp3) is 0.0330. The lowest BCUT2D eigenvalue weighted by atomic mass is 9.72. The molecule has 2 aliphatic rings. The predicted octanol–water partition coefficient (Wildman–Crippen LogP) is 21.6. The van der Waals surface area contributed by atoms with E-state index in [-0.39, 0.29) is 0 Å². The van der Waals surface area contributed by atoms with Gasteiger partial charge < -0.3 is 9.47 Å². The molecule has 0 fully saturated rings. The molecule has 3 heterocycles. The zero-order valence-electron chi connectivity index (χ0n) is 52.1. The highest BCUT2D eigenvalue weighted by Gasteiger charge is 2.49. The average Bonchev–Trinajstić information content (AvgIpc) is 1.46. The molecular weight excluding hydrogens is 1150 g/mol. The maximum absolute atomic E-state index is 2.80. The number of anilines is 3. The van der Waals surface area contributed by atoms with E-state index in [0.717, 1.165) is 5.69 Å². The largest absolute Gasteiger partial charge is 0.310 e. The first-order valence-electron chi connectivity index (χ1n) is 33.0. The van der Waals surface area contributed by atoms with Crippen molar-refractivity contribution >= 4 is 132 Å². The number of aromatic nitrogens is 1. The molecule has 0 saturated carbocycles. The average molecular weight is 1210 g/mol. The molecule has 20 rings (SSSR count). The van der Waals surface area contributed by atoms with Crippen LogP contribution >= 0.6 is 0 Å². The van der Waals surface area contributed by atoms with Gasteiger partial charge in [0, 0.05) is 27.3 Å². The van der Waals surface area contributed by atoms with Crippen LogP contribution in [-0.2, 0) is 5.41 Å². The Bertz CT molecular complexity index is 6100. The minimum atomic E-state index is -2.80. The molecule has 0 saturated heterocycles. The molecule has 438 valence electrons. The monoisotopic (exact) mass is 1210 g/mol. The quantitative estimate of drug-likeness (QED) is 0.0877. The van der Waals surface area contributed by atoms with Crippen LogP contribution in [0.2, 0.25) is 0 Å². The van der Waals surface area contributed by atoms with Gasteiger partial charge >= 0.3 is 0 Å². The first-order chi connectivity index (χ1) is 46.4. The molecule has 0 aliphatic carbocycles. The summed E-state index contributed by atoms with van der Waals surface area (Å²) < 4.78 is 2.57. The van der Waals surface area contributed by atoms with Crippen LogP contribution < -0.4 is 25.6 Å². The fourth-order valence-electron chi connectivity index (χ4n) is 17.5. The van der Waals surface area contributed by atoms with Crippen molar-refractivity contribution in [3.8, 4) is 50.2 Å². The topological polar surface area (TPSA) is 8.17 Å². The molecule has 2 aliphatic heterocycles. The summed E-state index contributed by atoms with van der Waals surface area (Å²) in [5.41, 5.74) is 19.5. The normalized spacial score (nSPS) is 13.8. The van der Waals surface area contributed by atoms with Crippen molar-refractivity contribution < 1.29 is 0 Å². The molecule has 18 aromatic rings. The number of benzene rings is 17. The lowest BCUT2D eigenvalue weighted by Gasteiger charge is -2.42.